The molecule has 0 aromatic heterocycles. The highest BCUT2D eigenvalue weighted by Crippen LogP contribution is 2.24. The molecule has 0 spiro atoms. The molecule has 2 aromatic carbocycles. The second-order valence-electron chi connectivity index (χ2n) is 5.67. The number of anilines is 1. The van der Waals surface area contributed by atoms with Crippen molar-refractivity contribution in [2.75, 3.05) is 5.32 Å². The van der Waals surface area contributed by atoms with Crippen molar-refractivity contribution in [1.82, 2.24) is 5.32 Å². The summed E-state index contributed by atoms with van der Waals surface area (Å²) in [5.41, 5.74) is 3.05. The lowest BCUT2D eigenvalue weighted by Gasteiger charge is -2.12. The lowest BCUT2D eigenvalue weighted by atomic mass is 10.1. The van der Waals surface area contributed by atoms with Gasteiger partial charge in [-0.1, -0.05) is 29.8 Å². The van der Waals surface area contributed by atoms with Crippen LogP contribution in [-0.2, 0) is 16.1 Å². The van der Waals surface area contributed by atoms with Gasteiger partial charge in [-0.15, -0.1) is 11.8 Å². The molecule has 0 saturated carbocycles. The van der Waals surface area contributed by atoms with Crippen LogP contribution in [0, 0.1) is 6.92 Å². The Balaban J connectivity index is 1.84. The van der Waals surface area contributed by atoms with Gasteiger partial charge < -0.3 is 10.6 Å². The highest BCUT2D eigenvalue weighted by molar-refractivity contribution is 8.00. The number of hydrogen-bond donors (Lipinski definition) is 2. The summed E-state index contributed by atoms with van der Waals surface area (Å²) >= 11 is 1.49. The van der Waals surface area contributed by atoms with E-state index in [1.54, 1.807) is 0 Å². The zero-order valence-electron chi connectivity index (χ0n) is 14.1. The molecule has 4 nitrogen and oxygen atoms in total. The van der Waals surface area contributed by atoms with Gasteiger partial charge in [0.15, 0.2) is 0 Å². The molecule has 2 N–H and O–H groups in total. The average Bonchev–Trinajstić information content (AvgIpc) is 2.55. The third kappa shape index (κ3) is 5.74. The van der Waals surface area contributed by atoms with Crippen LogP contribution in [0.15, 0.2) is 53.4 Å². The summed E-state index contributed by atoms with van der Waals surface area (Å²) in [5.74, 6) is -0.0919. The summed E-state index contributed by atoms with van der Waals surface area (Å²) in [6.07, 6.45) is 0. The molecule has 5 heteroatoms. The van der Waals surface area contributed by atoms with Crippen molar-refractivity contribution in [3.8, 4) is 0 Å². The van der Waals surface area contributed by atoms with Gasteiger partial charge in [0.25, 0.3) is 0 Å². The minimum Gasteiger partial charge on any atom is -0.351 e. The van der Waals surface area contributed by atoms with Crippen LogP contribution in [0.1, 0.15) is 25.0 Å². The second-order valence-corrected chi connectivity index (χ2v) is 7.08. The number of amides is 2. The average molecular weight is 342 g/mol. The van der Waals surface area contributed by atoms with E-state index in [-0.39, 0.29) is 17.1 Å². The van der Waals surface area contributed by atoms with E-state index in [1.807, 2.05) is 62.4 Å². The van der Waals surface area contributed by atoms with E-state index < -0.39 is 0 Å². The Morgan fingerprint density at radius 2 is 1.67 bits per heavy atom. The van der Waals surface area contributed by atoms with Crippen LogP contribution >= 0.6 is 11.8 Å². The zero-order chi connectivity index (χ0) is 17.5. The van der Waals surface area contributed by atoms with Crippen molar-refractivity contribution >= 4 is 29.3 Å². The first kappa shape index (κ1) is 18.1. The maximum Gasteiger partial charge on any atom is 0.233 e. The molecule has 1 atom stereocenters. The maximum atomic E-state index is 12.2. The summed E-state index contributed by atoms with van der Waals surface area (Å²) in [5, 5.41) is 5.49. The van der Waals surface area contributed by atoms with E-state index in [0.717, 1.165) is 16.1 Å². The molecule has 0 aliphatic rings. The van der Waals surface area contributed by atoms with Gasteiger partial charge in [-0.3, -0.25) is 9.59 Å². The second kappa shape index (κ2) is 8.55. The lowest BCUT2D eigenvalue weighted by Crippen LogP contribution is -2.30. The molecule has 0 aliphatic heterocycles. The number of carbonyl (C=O) groups is 2. The van der Waals surface area contributed by atoms with E-state index in [4.69, 9.17) is 0 Å². The molecule has 2 amide bonds. The fourth-order valence-electron chi connectivity index (χ4n) is 2.12. The molecule has 2 rings (SSSR count). The number of thioether (sulfide) groups is 1. The van der Waals surface area contributed by atoms with E-state index in [1.165, 1.54) is 24.2 Å². The summed E-state index contributed by atoms with van der Waals surface area (Å²) < 4.78 is 0. The fourth-order valence-corrected chi connectivity index (χ4v) is 3.01. The van der Waals surface area contributed by atoms with Crippen LogP contribution in [0.2, 0.25) is 0 Å². The Kier molecular flexibility index (Phi) is 6.44. The van der Waals surface area contributed by atoms with Crippen molar-refractivity contribution in [2.24, 2.45) is 0 Å². The van der Waals surface area contributed by atoms with Gasteiger partial charge in [0, 0.05) is 24.1 Å². The Bertz CT molecular complexity index is 696. The Labute approximate surface area is 147 Å². The molecule has 0 aliphatic carbocycles. The summed E-state index contributed by atoms with van der Waals surface area (Å²) in [7, 11) is 0. The normalized spacial score (nSPS) is 11.6. The highest BCUT2D eigenvalue weighted by Gasteiger charge is 2.14. The topological polar surface area (TPSA) is 58.2 Å². The molecule has 0 heterocycles. The standard InChI is InChI=1S/C19H22N2O2S/c1-13-4-6-16(7-5-13)12-20-19(23)14(2)24-18-10-8-17(9-11-18)21-15(3)22/h4-11,14H,12H2,1-3H3,(H,20,23)(H,21,22)/t14-/m0/s1. The van der Waals surface area contributed by atoms with Gasteiger partial charge in [-0.2, -0.15) is 0 Å². The van der Waals surface area contributed by atoms with Crippen LogP contribution in [0.25, 0.3) is 0 Å². The van der Waals surface area contributed by atoms with Crippen LogP contribution < -0.4 is 10.6 Å². The number of benzene rings is 2. The van der Waals surface area contributed by atoms with E-state index in [0.29, 0.717) is 6.54 Å². The largest absolute Gasteiger partial charge is 0.351 e. The number of rotatable bonds is 6. The van der Waals surface area contributed by atoms with Crippen LogP contribution in [0.3, 0.4) is 0 Å². The summed E-state index contributed by atoms with van der Waals surface area (Å²) in [4.78, 5) is 24.2. The van der Waals surface area contributed by atoms with Gasteiger partial charge in [0.2, 0.25) is 11.8 Å². The third-order valence-corrected chi connectivity index (χ3v) is 4.56. The molecular formula is C19H22N2O2S. The van der Waals surface area contributed by atoms with Gasteiger partial charge >= 0.3 is 0 Å². The molecule has 24 heavy (non-hydrogen) atoms. The number of nitrogens with one attached hydrogen (secondary N) is 2. The first-order valence-electron chi connectivity index (χ1n) is 7.81. The quantitative estimate of drug-likeness (QED) is 0.786. The molecule has 0 unspecified atom stereocenters. The highest BCUT2D eigenvalue weighted by atomic mass is 32.2. The lowest BCUT2D eigenvalue weighted by molar-refractivity contribution is -0.120. The minimum absolute atomic E-state index is 0.00603. The van der Waals surface area contributed by atoms with Crippen LogP contribution in [-0.4, -0.2) is 17.1 Å². The van der Waals surface area contributed by atoms with E-state index in [2.05, 4.69) is 10.6 Å². The summed E-state index contributed by atoms with van der Waals surface area (Å²) in [6.45, 7) is 5.93. The van der Waals surface area contributed by atoms with Gasteiger partial charge in [0.1, 0.15) is 0 Å². The molecular weight excluding hydrogens is 320 g/mol. The van der Waals surface area contributed by atoms with Gasteiger partial charge in [-0.25, -0.2) is 0 Å². The van der Waals surface area contributed by atoms with Gasteiger partial charge in [-0.05, 0) is 43.7 Å². The zero-order valence-corrected chi connectivity index (χ0v) is 14.9. The molecule has 126 valence electrons. The number of hydrogen-bond acceptors (Lipinski definition) is 3. The van der Waals surface area contributed by atoms with Crippen molar-refractivity contribution < 1.29 is 9.59 Å². The van der Waals surface area contributed by atoms with E-state index in [9.17, 15) is 9.59 Å². The smallest absolute Gasteiger partial charge is 0.233 e. The Morgan fingerprint density at radius 3 is 2.25 bits per heavy atom. The first-order valence-corrected chi connectivity index (χ1v) is 8.69. The molecule has 0 saturated heterocycles. The number of aryl methyl sites for hydroxylation is 1. The molecule has 0 radical (unpaired) electrons. The molecule has 0 fully saturated rings. The maximum absolute atomic E-state index is 12.2. The number of carbonyl (C=O) groups excluding carboxylic acids is 2. The molecule has 2 aromatic rings. The van der Waals surface area contributed by atoms with Crippen molar-refractivity contribution in [3.63, 3.8) is 0 Å². The van der Waals surface area contributed by atoms with Crippen molar-refractivity contribution in [3.05, 3.63) is 59.7 Å². The SMILES string of the molecule is CC(=O)Nc1ccc(S[C@@H](C)C(=O)NCc2ccc(C)cc2)cc1. The first-order chi connectivity index (χ1) is 11.4. The van der Waals surface area contributed by atoms with E-state index >= 15 is 0 Å². The Morgan fingerprint density at radius 1 is 1.04 bits per heavy atom. The molecule has 0 bridgehead atoms. The predicted octanol–water partition coefficient (Wildman–Crippen LogP) is 3.75. The fraction of sp³-hybridized carbons (Fsp3) is 0.263. The van der Waals surface area contributed by atoms with Crippen LogP contribution in [0.4, 0.5) is 5.69 Å². The monoisotopic (exact) mass is 342 g/mol. The van der Waals surface area contributed by atoms with Crippen molar-refractivity contribution in [2.45, 2.75) is 37.5 Å². The predicted molar refractivity (Wildman–Crippen MR) is 99.1 cm³/mol. The van der Waals surface area contributed by atoms with Gasteiger partial charge in [0.05, 0.1) is 5.25 Å². The van der Waals surface area contributed by atoms with Crippen molar-refractivity contribution in [1.29, 1.82) is 0 Å². The minimum atomic E-state index is -0.193. The Hall–Kier alpha value is -2.27. The summed E-state index contributed by atoms with van der Waals surface area (Å²) in [6, 6.07) is 15.6. The third-order valence-electron chi connectivity index (χ3n) is 3.44. The van der Waals surface area contributed by atoms with Crippen LogP contribution in [0.5, 0.6) is 0 Å².